The van der Waals surface area contributed by atoms with Gasteiger partial charge >= 0.3 is 23.9 Å². The van der Waals surface area contributed by atoms with Gasteiger partial charge in [0.2, 0.25) is 11.8 Å². The highest BCUT2D eigenvalue weighted by Crippen LogP contribution is 2.52. The molecule has 1 aliphatic carbocycles. The standard InChI is InChI=1S/C22H30N6O4.C6H8O7/c1-30-19-17(11-25-21(26-19)31-2)22(29)4-3-16-13-27(14-18(16)22)12-15-9-23-20(24-10-15)28-5-7-32-8-6-28;7-3(8)1-6(13,5(11)12)2-4(9)10/h9-11,16,18,29H,3-8,12-14H2,1-2H3;13H,1-2H2,(H,7,8)(H,9,10)(H,11,12)/t16-,18+,22+;/m0./s1. The fourth-order valence-electron chi connectivity index (χ4n) is 6.08. The van der Waals surface area contributed by atoms with Crippen molar-refractivity contribution in [3.05, 3.63) is 29.7 Å². The van der Waals surface area contributed by atoms with E-state index in [4.69, 9.17) is 34.6 Å². The van der Waals surface area contributed by atoms with Crippen molar-refractivity contribution in [2.45, 2.75) is 43.4 Å². The second-order valence-electron chi connectivity index (χ2n) is 11.3. The molecule has 0 amide bonds. The molecule has 17 heteroatoms. The van der Waals surface area contributed by atoms with Gasteiger partial charge in [-0.1, -0.05) is 0 Å². The third-order valence-corrected chi connectivity index (χ3v) is 8.28. The van der Waals surface area contributed by atoms with Crippen molar-refractivity contribution in [1.29, 1.82) is 0 Å². The van der Waals surface area contributed by atoms with E-state index >= 15 is 0 Å². The van der Waals surface area contributed by atoms with Crippen molar-refractivity contribution in [3.63, 3.8) is 0 Å². The molecule has 2 aliphatic heterocycles. The molecule has 0 aromatic carbocycles. The molecule has 3 fully saturated rings. The fourth-order valence-corrected chi connectivity index (χ4v) is 6.08. The van der Waals surface area contributed by atoms with E-state index < -0.39 is 42.0 Å². The summed E-state index contributed by atoms with van der Waals surface area (Å²) in [6.07, 6.45) is 4.83. The van der Waals surface area contributed by atoms with Gasteiger partial charge in [-0.25, -0.2) is 19.7 Å². The van der Waals surface area contributed by atoms with Crippen molar-refractivity contribution in [2.75, 3.05) is 58.5 Å². The molecule has 2 aromatic heterocycles. The Kier molecular flexibility index (Phi) is 10.7. The van der Waals surface area contributed by atoms with E-state index in [9.17, 15) is 19.5 Å². The Hall–Kier alpha value is -4.19. The zero-order valence-electron chi connectivity index (χ0n) is 25.0. The normalized spacial score (nSPS) is 23.1. The third kappa shape index (κ3) is 7.91. The summed E-state index contributed by atoms with van der Waals surface area (Å²) in [6, 6.07) is 0.234. The van der Waals surface area contributed by atoms with Crippen molar-refractivity contribution in [2.24, 2.45) is 11.8 Å². The number of likely N-dealkylation sites (tertiary alicyclic amines) is 1. The molecule has 3 atom stereocenters. The zero-order chi connectivity index (χ0) is 32.8. The number of hydrogen-bond donors (Lipinski definition) is 5. The number of carbonyl (C=O) groups is 3. The first-order chi connectivity index (χ1) is 21.4. The molecule has 2 aromatic rings. The number of aromatic nitrogens is 4. The Morgan fingerprint density at radius 3 is 2.20 bits per heavy atom. The van der Waals surface area contributed by atoms with E-state index in [1.54, 1.807) is 13.3 Å². The van der Waals surface area contributed by atoms with Gasteiger partial charge in [0.25, 0.3) is 0 Å². The van der Waals surface area contributed by atoms with Crippen LogP contribution in [0, 0.1) is 11.8 Å². The van der Waals surface area contributed by atoms with Crippen LogP contribution in [-0.2, 0) is 31.3 Å². The number of carboxylic acid groups (broad SMARTS) is 3. The summed E-state index contributed by atoms with van der Waals surface area (Å²) in [6.45, 7) is 5.59. The van der Waals surface area contributed by atoms with Crippen LogP contribution in [0.4, 0.5) is 5.95 Å². The van der Waals surface area contributed by atoms with E-state index in [-0.39, 0.29) is 11.9 Å². The van der Waals surface area contributed by atoms with Crippen LogP contribution in [0.3, 0.4) is 0 Å². The Morgan fingerprint density at radius 1 is 1.00 bits per heavy atom. The molecule has 0 radical (unpaired) electrons. The number of fused-ring (bicyclic) bond motifs is 1. The van der Waals surface area contributed by atoms with E-state index in [0.29, 0.717) is 37.0 Å². The molecule has 1 saturated carbocycles. The Bertz CT molecular complexity index is 1340. The van der Waals surface area contributed by atoms with Gasteiger partial charge in [-0.05, 0) is 18.8 Å². The van der Waals surface area contributed by atoms with Crippen molar-refractivity contribution in [1.82, 2.24) is 24.8 Å². The summed E-state index contributed by atoms with van der Waals surface area (Å²) >= 11 is 0. The lowest BCUT2D eigenvalue weighted by molar-refractivity contribution is -0.170. The second-order valence-corrected chi connectivity index (χ2v) is 11.3. The van der Waals surface area contributed by atoms with Crippen molar-refractivity contribution in [3.8, 4) is 11.9 Å². The maximum Gasteiger partial charge on any atom is 0.336 e. The van der Waals surface area contributed by atoms with E-state index in [1.807, 2.05) is 12.4 Å². The van der Waals surface area contributed by atoms with Crippen LogP contribution >= 0.6 is 0 Å². The van der Waals surface area contributed by atoms with Crippen LogP contribution in [0.15, 0.2) is 18.6 Å². The predicted molar refractivity (Wildman–Crippen MR) is 153 cm³/mol. The third-order valence-electron chi connectivity index (χ3n) is 8.28. The Balaban J connectivity index is 0.000000302. The molecule has 4 heterocycles. The first kappa shape index (κ1) is 33.7. The van der Waals surface area contributed by atoms with Crippen molar-refractivity contribution >= 4 is 23.9 Å². The number of anilines is 1. The molecule has 5 N–H and O–H groups in total. The number of ether oxygens (including phenoxy) is 3. The summed E-state index contributed by atoms with van der Waals surface area (Å²) in [5.41, 5.74) is -2.02. The van der Waals surface area contributed by atoms with Crippen LogP contribution in [0.1, 0.15) is 36.8 Å². The highest BCUT2D eigenvalue weighted by atomic mass is 16.5. The minimum Gasteiger partial charge on any atom is -0.481 e. The van der Waals surface area contributed by atoms with Gasteiger partial charge in [0.1, 0.15) is 5.60 Å². The molecular formula is C28H38N6O11. The van der Waals surface area contributed by atoms with E-state index in [0.717, 1.165) is 50.7 Å². The minimum atomic E-state index is -2.74. The van der Waals surface area contributed by atoms with Gasteiger partial charge in [-0.15, -0.1) is 0 Å². The Labute approximate surface area is 258 Å². The van der Waals surface area contributed by atoms with Gasteiger partial charge < -0.3 is 44.6 Å². The minimum absolute atomic E-state index is 0.0990. The largest absolute Gasteiger partial charge is 0.481 e. The molecule has 5 rings (SSSR count). The van der Waals surface area contributed by atoms with Gasteiger partial charge in [-0.3, -0.25) is 14.5 Å². The lowest BCUT2D eigenvalue weighted by atomic mass is 9.83. The summed E-state index contributed by atoms with van der Waals surface area (Å²) in [5, 5.41) is 45.5. The average molecular weight is 635 g/mol. The number of carboxylic acids is 3. The van der Waals surface area contributed by atoms with Crippen molar-refractivity contribution < 1.29 is 54.1 Å². The number of aliphatic hydroxyl groups is 2. The van der Waals surface area contributed by atoms with Crippen LogP contribution < -0.4 is 14.4 Å². The quantitative estimate of drug-likeness (QED) is 0.211. The van der Waals surface area contributed by atoms with Gasteiger partial charge in [0.05, 0.1) is 45.8 Å². The first-order valence-corrected chi connectivity index (χ1v) is 14.3. The second kappa shape index (κ2) is 14.3. The maximum absolute atomic E-state index is 11.7. The fraction of sp³-hybridized carbons (Fsp3) is 0.607. The lowest BCUT2D eigenvalue weighted by Crippen LogP contribution is -2.42. The molecule has 0 bridgehead atoms. The van der Waals surface area contributed by atoms with Crippen LogP contribution in [-0.4, -0.2) is 127 Å². The number of methoxy groups -OCH3 is 2. The molecule has 246 valence electrons. The molecule has 45 heavy (non-hydrogen) atoms. The molecule has 2 saturated heterocycles. The molecule has 17 nitrogen and oxygen atoms in total. The molecule has 0 unspecified atom stereocenters. The predicted octanol–water partition coefficient (Wildman–Crippen LogP) is -0.398. The number of hydrogen-bond acceptors (Lipinski definition) is 14. The number of rotatable bonds is 11. The SMILES string of the molecule is COc1ncc([C@]2(O)CC[C@H]3CN(Cc4cnc(N5CCOCC5)nc4)C[C@H]32)c(OC)n1.O=C(O)CC(O)(CC(=O)O)C(=O)O. The van der Waals surface area contributed by atoms with Gasteiger partial charge in [-0.2, -0.15) is 4.98 Å². The monoisotopic (exact) mass is 634 g/mol. The smallest absolute Gasteiger partial charge is 0.336 e. The van der Waals surface area contributed by atoms with Crippen LogP contribution in [0.5, 0.6) is 11.9 Å². The number of aliphatic carboxylic acids is 3. The summed E-state index contributed by atoms with van der Waals surface area (Å²) in [7, 11) is 3.07. The molecule has 0 spiro atoms. The van der Waals surface area contributed by atoms with Gasteiger partial charge in [0, 0.05) is 62.8 Å². The maximum atomic E-state index is 11.7. The summed E-state index contributed by atoms with van der Waals surface area (Å²) < 4.78 is 16.0. The highest BCUT2D eigenvalue weighted by molar-refractivity contribution is 5.88. The Morgan fingerprint density at radius 2 is 1.64 bits per heavy atom. The first-order valence-electron chi connectivity index (χ1n) is 14.3. The summed E-state index contributed by atoms with van der Waals surface area (Å²) in [5.74, 6) is -3.36. The molecule has 3 aliphatic rings. The van der Waals surface area contributed by atoms with Crippen LogP contribution in [0.2, 0.25) is 0 Å². The van der Waals surface area contributed by atoms with Gasteiger partial charge in [0.15, 0.2) is 5.60 Å². The van der Waals surface area contributed by atoms with E-state index in [1.165, 1.54) is 7.11 Å². The zero-order valence-corrected chi connectivity index (χ0v) is 25.0. The number of nitrogens with zero attached hydrogens (tertiary/aromatic N) is 6. The molecular weight excluding hydrogens is 596 g/mol. The number of morpholine rings is 1. The topological polar surface area (TPSA) is 238 Å². The summed E-state index contributed by atoms with van der Waals surface area (Å²) in [4.78, 5) is 52.7. The van der Waals surface area contributed by atoms with E-state index in [2.05, 4.69) is 29.7 Å². The lowest BCUT2D eigenvalue weighted by Gasteiger charge is -2.31. The van der Waals surface area contributed by atoms with Crippen LogP contribution in [0.25, 0.3) is 0 Å². The highest BCUT2D eigenvalue weighted by Gasteiger charge is 2.54. The average Bonchev–Trinajstić information content (AvgIpc) is 3.56.